The summed E-state index contributed by atoms with van der Waals surface area (Å²) in [5, 5.41) is 0. The fourth-order valence-electron chi connectivity index (χ4n) is 4.21. The molecular weight excluding hydrogens is 192 g/mol. The molecule has 0 aromatic rings. The molecular formula is C12H16O3. The maximum atomic E-state index is 11.9. The van der Waals surface area contributed by atoms with E-state index >= 15 is 0 Å². The van der Waals surface area contributed by atoms with Gasteiger partial charge in [-0.3, -0.25) is 9.59 Å². The van der Waals surface area contributed by atoms with Gasteiger partial charge in [-0.15, -0.1) is 0 Å². The first-order valence-corrected chi connectivity index (χ1v) is 5.77. The lowest BCUT2D eigenvalue weighted by atomic mass is 9.49. The van der Waals surface area contributed by atoms with Gasteiger partial charge in [0.15, 0.2) is 0 Å². The van der Waals surface area contributed by atoms with Crippen LogP contribution in [0.1, 0.15) is 32.1 Å². The van der Waals surface area contributed by atoms with E-state index in [1.807, 2.05) is 0 Å². The van der Waals surface area contributed by atoms with Crippen LogP contribution in [0.4, 0.5) is 0 Å². The van der Waals surface area contributed by atoms with Crippen LogP contribution in [-0.2, 0) is 14.3 Å². The lowest BCUT2D eigenvalue weighted by Gasteiger charge is -2.53. The zero-order valence-corrected chi connectivity index (χ0v) is 8.99. The van der Waals surface area contributed by atoms with Gasteiger partial charge >= 0.3 is 5.97 Å². The molecule has 0 N–H and O–H groups in total. The first kappa shape index (κ1) is 9.37. The molecule has 3 heteroatoms. The smallest absolute Gasteiger partial charge is 0.311 e. The molecule has 4 bridgehead atoms. The molecule has 82 valence electrons. The molecule has 4 rings (SSSR count). The summed E-state index contributed by atoms with van der Waals surface area (Å²) in [7, 11) is 1.46. The average Bonchev–Trinajstić information content (AvgIpc) is 2.23. The molecule has 0 aromatic carbocycles. The molecule has 4 saturated carbocycles. The maximum absolute atomic E-state index is 11.9. The SMILES string of the molecule is COC(=O)C12CC3C[C@H](C1)C(=O)[C@@H](C3)C2. The van der Waals surface area contributed by atoms with Crippen molar-refractivity contribution in [2.24, 2.45) is 23.2 Å². The molecule has 4 fully saturated rings. The van der Waals surface area contributed by atoms with Crippen LogP contribution in [0, 0.1) is 23.2 Å². The zero-order valence-electron chi connectivity index (χ0n) is 8.99. The van der Waals surface area contributed by atoms with Crippen LogP contribution in [0.25, 0.3) is 0 Å². The van der Waals surface area contributed by atoms with Crippen LogP contribution < -0.4 is 0 Å². The van der Waals surface area contributed by atoms with Gasteiger partial charge < -0.3 is 4.74 Å². The number of carbonyl (C=O) groups excluding carboxylic acids is 2. The molecule has 0 aromatic heterocycles. The first-order valence-electron chi connectivity index (χ1n) is 5.77. The molecule has 4 aliphatic rings. The predicted molar refractivity (Wildman–Crippen MR) is 53.0 cm³/mol. The van der Waals surface area contributed by atoms with Crippen LogP contribution in [0.3, 0.4) is 0 Å². The van der Waals surface area contributed by atoms with Crippen LogP contribution in [0.5, 0.6) is 0 Å². The van der Waals surface area contributed by atoms with E-state index in [1.54, 1.807) is 0 Å². The quantitative estimate of drug-likeness (QED) is 0.614. The normalized spacial score (nSPS) is 47.0. The molecule has 2 unspecified atom stereocenters. The third-order valence-corrected chi connectivity index (χ3v) is 4.61. The third kappa shape index (κ3) is 1.12. The first-order chi connectivity index (χ1) is 7.14. The minimum atomic E-state index is -0.293. The molecule has 0 aliphatic heterocycles. The van der Waals surface area contributed by atoms with Crippen LogP contribution in [0.15, 0.2) is 0 Å². The summed E-state index contributed by atoms with van der Waals surface area (Å²) in [4.78, 5) is 23.7. The van der Waals surface area contributed by atoms with E-state index in [0.717, 1.165) is 32.1 Å². The van der Waals surface area contributed by atoms with E-state index in [9.17, 15) is 9.59 Å². The Morgan fingerprint density at radius 3 is 2.40 bits per heavy atom. The second-order valence-corrected chi connectivity index (χ2v) is 5.52. The van der Waals surface area contributed by atoms with Crippen molar-refractivity contribution in [3.63, 3.8) is 0 Å². The fraction of sp³-hybridized carbons (Fsp3) is 0.833. The lowest BCUT2D eigenvalue weighted by molar-refractivity contribution is -0.172. The number of hydrogen-bond acceptors (Lipinski definition) is 3. The molecule has 0 amide bonds. The summed E-state index contributed by atoms with van der Waals surface area (Å²) in [6.45, 7) is 0. The summed E-state index contributed by atoms with van der Waals surface area (Å²) in [6.07, 6.45) is 4.51. The monoisotopic (exact) mass is 208 g/mol. The standard InChI is InChI=1S/C12H16O3/c1-15-11(14)12-4-7-2-8(5-12)10(13)9(3-7)6-12/h7-9H,2-6H2,1H3/t7?,8-,9+,12?. The van der Waals surface area contributed by atoms with Gasteiger partial charge in [0.25, 0.3) is 0 Å². The number of Topliss-reactive ketones (excluding diaryl/α,β-unsaturated/α-hetero) is 1. The Morgan fingerprint density at radius 1 is 1.27 bits per heavy atom. The van der Waals surface area contributed by atoms with Crippen LogP contribution >= 0.6 is 0 Å². The van der Waals surface area contributed by atoms with Gasteiger partial charge in [-0.25, -0.2) is 0 Å². The Labute approximate surface area is 89.2 Å². The summed E-state index contributed by atoms with van der Waals surface area (Å²) in [5.74, 6) is 1.27. The van der Waals surface area contributed by atoms with Gasteiger partial charge in [0.05, 0.1) is 12.5 Å². The van der Waals surface area contributed by atoms with Gasteiger partial charge in [-0.2, -0.15) is 0 Å². The van der Waals surface area contributed by atoms with E-state index in [0.29, 0.717) is 11.7 Å². The van der Waals surface area contributed by atoms with E-state index in [2.05, 4.69) is 0 Å². The molecule has 0 spiro atoms. The Bertz CT molecular complexity index is 316. The number of hydrogen-bond donors (Lipinski definition) is 0. The number of ether oxygens (including phenoxy) is 1. The van der Waals surface area contributed by atoms with Crippen molar-refractivity contribution in [1.29, 1.82) is 0 Å². The lowest BCUT2D eigenvalue weighted by Crippen LogP contribution is -2.54. The largest absolute Gasteiger partial charge is 0.469 e. The topological polar surface area (TPSA) is 43.4 Å². The van der Waals surface area contributed by atoms with E-state index < -0.39 is 0 Å². The van der Waals surface area contributed by atoms with Crippen molar-refractivity contribution < 1.29 is 14.3 Å². The fourth-order valence-corrected chi connectivity index (χ4v) is 4.21. The average molecular weight is 208 g/mol. The summed E-state index contributed by atoms with van der Waals surface area (Å²) >= 11 is 0. The van der Waals surface area contributed by atoms with Crippen molar-refractivity contribution >= 4 is 11.8 Å². The number of esters is 1. The van der Waals surface area contributed by atoms with E-state index in [4.69, 9.17) is 4.74 Å². The van der Waals surface area contributed by atoms with Gasteiger partial charge in [0.2, 0.25) is 0 Å². The maximum Gasteiger partial charge on any atom is 0.311 e. The molecule has 0 radical (unpaired) electrons. The molecule has 3 nitrogen and oxygen atoms in total. The van der Waals surface area contributed by atoms with Crippen molar-refractivity contribution in [2.45, 2.75) is 32.1 Å². The predicted octanol–water partition coefficient (Wildman–Crippen LogP) is 1.55. The molecule has 4 atom stereocenters. The molecule has 15 heavy (non-hydrogen) atoms. The van der Waals surface area contributed by atoms with Crippen LogP contribution in [-0.4, -0.2) is 18.9 Å². The molecule has 0 saturated heterocycles. The van der Waals surface area contributed by atoms with Crippen LogP contribution in [0.2, 0.25) is 0 Å². The minimum Gasteiger partial charge on any atom is -0.469 e. The second-order valence-electron chi connectivity index (χ2n) is 5.52. The van der Waals surface area contributed by atoms with Crippen molar-refractivity contribution in [2.75, 3.05) is 7.11 Å². The highest BCUT2D eigenvalue weighted by molar-refractivity contribution is 5.89. The summed E-state index contributed by atoms with van der Waals surface area (Å²) in [5.41, 5.74) is -0.293. The second kappa shape index (κ2) is 2.83. The summed E-state index contributed by atoms with van der Waals surface area (Å²) < 4.78 is 4.92. The van der Waals surface area contributed by atoms with Crippen molar-refractivity contribution in [3.05, 3.63) is 0 Å². The molecule has 0 heterocycles. The molecule has 4 aliphatic carbocycles. The van der Waals surface area contributed by atoms with E-state index in [-0.39, 0.29) is 23.2 Å². The summed E-state index contributed by atoms with van der Waals surface area (Å²) in [6, 6.07) is 0. The Kier molecular flexibility index (Phi) is 1.77. The van der Waals surface area contributed by atoms with Crippen molar-refractivity contribution in [3.8, 4) is 0 Å². The van der Waals surface area contributed by atoms with Gasteiger partial charge in [-0.1, -0.05) is 0 Å². The third-order valence-electron chi connectivity index (χ3n) is 4.61. The number of carbonyl (C=O) groups is 2. The Hall–Kier alpha value is -0.860. The van der Waals surface area contributed by atoms with E-state index in [1.165, 1.54) is 7.11 Å². The Morgan fingerprint density at radius 2 is 1.87 bits per heavy atom. The van der Waals surface area contributed by atoms with Crippen molar-refractivity contribution in [1.82, 2.24) is 0 Å². The highest BCUT2D eigenvalue weighted by atomic mass is 16.5. The highest BCUT2D eigenvalue weighted by Crippen LogP contribution is 2.58. The highest BCUT2D eigenvalue weighted by Gasteiger charge is 2.58. The minimum absolute atomic E-state index is 0.0746. The number of methoxy groups -OCH3 is 1. The Balaban J connectivity index is 1.95. The van der Waals surface area contributed by atoms with Gasteiger partial charge in [0, 0.05) is 11.8 Å². The number of ketones is 1. The van der Waals surface area contributed by atoms with Gasteiger partial charge in [0.1, 0.15) is 5.78 Å². The van der Waals surface area contributed by atoms with Gasteiger partial charge in [-0.05, 0) is 38.0 Å². The zero-order chi connectivity index (χ0) is 10.6. The number of rotatable bonds is 1.